The van der Waals surface area contributed by atoms with Crippen LogP contribution in [-0.2, 0) is 6.54 Å². The molecule has 0 atom stereocenters. The lowest BCUT2D eigenvalue weighted by Crippen LogP contribution is -2.34. The summed E-state index contributed by atoms with van der Waals surface area (Å²) in [5.74, 6) is -0.735. The Kier molecular flexibility index (Phi) is 8.41. The zero-order chi connectivity index (χ0) is 27.2. The number of likely N-dealkylation sites (tertiary alicyclic amines) is 1. The van der Waals surface area contributed by atoms with Crippen molar-refractivity contribution in [3.05, 3.63) is 101 Å². The molecular formula is C30H29FN4O3S. The molecule has 0 spiro atoms. The summed E-state index contributed by atoms with van der Waals surface area (Å²) < 4.78 is 14.0. The van der Waals surface area contributed by atoms with Crippen molar-refractivity contribution >= 4 is 44.5 Å². The van der Waals surface area contributed by atoms with Gasteiger partial charge in [-0.2, -0.15) is 5.10 Å². The van der Waals surface area contributed by atoms with Crippen molar-refractivity contribution in [1.82, 2.24) is 10.3 Å². The minimum atomic E-state index is -0.457. The van der Waals surface area contributed by atoms with Crippen molar-refractivity contribution in [3.8, 4) is 0 Å². The van der Waals surface area contributed by atoms with E-state index in [-0.39, 0.29) is 18.3 Å². The first-order valence-electron chi connectivity index (χ1n) is 12.8. The van der Waals surface area contributed by atoms with Gasteiger partial charge in [-0.25, -0.2) is 9.82 Å². The van der Waals surface area contributed by atoms with E-state index < -0.39 is 5.91 Å². The Morgan fingerprint density at radius 1 is 1.03 bits per heavy atom. The van der Waals surface area contributed by atoms with Gasteiger partial charge in [0.2, 0.25) is 0 Å². The predicted molar refractivity (Wildman–Crippen MR) is 153 cm³/mol. The first-order valence-corrected chi connectivity index (χ1v) is 13.7. The lowest BCUT2D eigenvalue weighted by atomic mass is 9.97. The van der Waals surface area contributed by atoms with Gasteiger partial charge in [0.05, 0.1) is 11.8 Å². The number of anilines is 1. The molecule has 1 aliphatic heterocycles. The average molecular weight is 545 g/mol. The number of hydrazone groups is 1. The number of amides is 2. The monoisotopic (exact) mass is 544 g/mol. The number of hydrogen-bond acceptors (Lipinski definition) is 6. The highest BCUT2D eigenvalue weighted by Crippen LogP contribution is 2.36. The maximum absolute atomic E-state index is 13.3. The second kappa shape index (κ2) is 12.3. The number of rotatable bonds is 8. The summed E-state index contributed by atoms with van der Waals surface area (Å²) in [6, 6.07) is 20.7. The molecule has 0 saturated carbocycles. The Labute approximate surface area is 230 Å². The molecule has 4 aromatic rings. The molecule has 3 N–H and O–H groups in total. The number of fused-ring (bicyclic) bond motifs is 1. The molecule has 9 heteroatoms. The molecule has 2 amide bonds. The van der Waals surface area contributed by atoms with Crippen molar-refractivity contribution in [3.63, 3.8) is 0 Å². The summed E-state index contributed by atoms with van der Waals surface area (Å²) in [6.07, 6.45) is 3.38. The molecule has 39 heavy (non-hydrogen) atoms. The number of halogens is 1. The zero-order valence-corrected chi connectivity index (χ0v) is 22.1. The number of aliphatic hydroxyl groups is 1. The quantitative estimate of drug-likeness (QED) is 0.208. The van der Waals surface area contributed by atoms with E-state index in [1.54, 1.807) is 18.2 Å². The highest BCUT2D eigenvalue weighted by atomic mass is 32.1. The number of thiophene rings is 1. The van der Waals surface area contributed by atoms with Crippen LogP contribution in [0.25, 0.3) is 10.1 Å². The summed E-state index contributed by atoms with van der Waals surface area (Å²) in [4.78, 5) is 28.8. The molecule has 1 aromatic heterocycles. The minimum absolute atomic E-state index is 0.238. The first kappa shape index (κ1) is 26.7. The van der Waals surface area contributed by atoms with E-state index in [2.05, 4.69) is 20.7 Å². The fourth-order valence-corrected chi connectivity index (χ4v) is 5.80. The molecule has 3 aromatic carbocycles. The number of carbonyl (C=O) groups excluding carboxylic acids is 2. The number of aliphatic hydroxyl groups excluding tert-OH is 1. The van der Waals surface area contributed by atoms with Crippen LogP contribution in [-0.4, -0.2) is 47.7 Å². The fraction of sp³-hybridized carbons (Fsp3) is 0.233. The van der Waals surface area contributed by atoms with Crippen molar-refractivity contribution < 1.29 is 19.1 Å². The van der Waals surface area contributed by atoms with Gasteiger partial charge >= 0.3 is 0 Å². The molecule has 7 nitrogen and oxygen atoms in total. The van der Waals surface area contributed by atoms with Gasteiger partial charge in [-0.05, 0) is 73.3 Å². The second-order valence-electron chi connectivity index (χ2n) is 9.61. The highest BCUT2D eigenvalue weighted by Gasteiger charge is 2.22. The van der Waals surface area contributed by atoms with Crippen molar-refractivity contribution in [2.75, 3.05) is 25.0 Å². The van der Waals surface area contributed by atoms with Crippen molar-refractivity contribution in [2.24, 2.45) is 11.0 Å². The van der Waals surface area contributed by atoms with Crippen LogP contribution in [0.4, 0.5) is 9.39 Å². The molecule has 1 saturated heterocycles. The van der Waals surface area contributed by atoms with Gasteiger partial charge < -0.3 is 10.4 Å². The van der Waals surface area contributed by atoms with Crippen LogP contribution in [0.1, 0.15) is 44.7 Å². The van der Waals surface area contributed by atoms with Crippen LogP contribution < -0.4 is 10.7 Å². The molecule has 1 fully saturated rings. The van der Waals surface area contributed by atoms with Crippen LogP contribution in [0, 0.1) is 11.7 Å². The second-order valence-corrected chi connectivity index (χ2v) is 10.7. The number of carbonyl (C=O) groups is 2. The standard InChI is InChI=1S/C30H29FN4O3S/c31-24-10-8-20(9-11-24)17-32-34-29(38)27-25-6-1-2-7-26(25)39-30(27)33-28(37)23-5-3-4-22(16-23)18-35-14-12-21(19-36)13-15-35/h1-11,16-17,21,36H,12-15,18-19H2,(H,33,37)(H,34,38)/b32-17+. The van der Waals surface area contributed by atoms with Gasteiger partial charge in [0.15, 0.2) is 0 Å². The zero-order valence-electron chi connectivity index (χ0n) is 21.3. The number of nitrogens with one attached hydrogen (secondary N) is 2. The summed E-state index contributed by atoms with van der Waals surface area (Å²) >= 11 is 1.33. The topological polar surface area (TPSA) is 94.0 Å². The summed E-state index contributed by atoms with van der Waals surface area (Å²) in [5.41, 5.74) is 5.05. The molecule has 2 heterocycles. The SMILES string of the molecule is O=C(Nc1sc2ccccc2c1C(=O)N/N=C/c1ccc(F)cc1)c1cccc(CN2CCC(CO)CC2)c1. The lowest BCUT2D eigenvalue weighted by Gasteiger charge is -2.31. The Morgan fingerprint density at radius 2 is 1.79 bits per heavy atom. The molecule has 0 bridgehead atoms. The third kappa shape index (κ3) is 6.57. The van der Waals surface area contributed by atoms with Crippen molar-refractivity contribution in [1.29, 1.82) is 0 Å². The number of hydrogen-bond donors (Lipinski definition) is 3. The third-order valence-corrected chi connectivity index (χ3v) is 7.95. The van der Waals surface area contributed by atoms with E-state index in [1.165, 1.54) is 29.7 Å². The maximum atomic E-state index is 13.3. The van der Waals surface area contributed by atoms with E-state index in [1.807, 2.05) is 42.5 Å². The van der Waals surface area contributed by atoms with Crippen molar-refractivity contribution in [2.45, 2.75) is 19.4 Å². The molecule has 0 unspecified atom stereocenters. The van der Waals surface area contributed by atoms with Gasteiger partial charge in [-0.1, -0.05) is 42.5 Å². The van der Waals surface area contributed by atoms with Gasteiger partial charge in [0.1, 0.15) is 10.8 Å². The fourth-order valence-electron chi connectivity index (χ4n) is 4.70. The smallest absolute Gasteiger partial charge is 0.275 e. The lowest BCUT2D eigenvalue weighted by molar-refractivity contribution is 0.0958. The molecule has 5 rings (SSSR count). The van der Waals surface area contributed by atoms with Crippen LogP contribution >= 0.6 is 11.3 Å². The van der Waals surface area contributed by atoms with E-state index >= 15 is 0 Å². The number of nitrogens with zero attached hydrogens (tertiary/aromatic N) is 2. The Balaban J connectivity index is 1.31. The summed E-state index contributed by atoms with van der Waals surface area (Å²) in [6.45, 7) is 2.82. The summed E-state index contributed by atoms with van der Waals surface area (Å²) in [5, 5.41) is 17.5. The normalized spacial score (nSPS) is 14.6. The van der Waals surface area contributed by atoms with Crippen LogP contribution in [0.5, 0.6) is 0 Å². The van der Waals surface area contributed by atoms with E-state index in [0.717, 1.165) is 42.7 Å². The molecule has 0 radical (unpaired) electrons. The van der Waals surface area contributed by atoms with E-state index in [9.17, 15) is 19.1 Å². The first-order chi connectivity index (χ1) is 19.0. The van der Waals surface area contributed by atoms with E-state index in [4.69, 9.17) is 0 Å². The average Bonchev–Trinajstić information content (AvgIpc) is 3.32. The van der Waals surface area contributed by atoms with Crippen LogP contribution in [0.3, 0.4) is 0 Å². The van der Waals surface area contributed by atoms with Gasteiger partial charge in [-0.15, -0.1) is 11.3 Å². The molecular weight excluding hydrogens is 515 g/mol. The maximum Gasteiger partial charge on any atom is 0.275 e. The largest absolute Gasteiger partial charge is 0.396 e. The Bertz CT molecular complexity index is 1490. The molecule has 1 aliphatic rings. The Morgan fingerprint density at radius 3 is 2.56 bits per heavy atom. The highest BCUT2D eigenvalue weighted by molar-refractivity contribution is 7.23. The van der Waals surface area contributed by atoms with Crippen LogP contribution in [0.15, 0.2) is 77.9 Å². The Hall–Kier alpha value is -3.92. The van der Waals surface area contributed by atoms with Gasteiger partial charge in [0, 0.05) is 28.8 Å². The third-order valence-electron chi connectivity index (χ3n) is 6.86. The van der Waals surface area contributed by atoms with Gasteiger partial charge in [0.25, 0.3) is 11.8 Å². The van der Waals surface area contributed by atoms with Crippen LogP contribution in [0.2, 0.25) is 0 Å². The predicted octanol–water partition coefficient (Wildman–Crippen LogP) is 5.26. The number of piperidine rings is 1. The molecule has 0 aliphatic carbocycles. The summed E-state index contributed by atoms with van der Waals surface area (Å²) in [7, 11) is 0. The van der Waals surface area contributed by atoms with Gasteiger partial charge in [-0.3, -0.25) is 14.5 Å². The van der Waals surface area contributed by atoms with E-state index in [0.29, 0.717) is 33.0 Å². The number of benzene rings is 3. The molecule has 200 valence electrons. The minimum Gasteiger partial charge on any atom is -0.396 e.